The van der Waals surface area contributed by atoms with E-state index >= 15 is 0 Å². The molecule has 1 aliphatic rings. The first kappa shape index (κ1) is 21.8. The van der Waals surface area contributed by atoms with Crippen molar-refractivity contribution >= 4 is 0 Å². The molecule has 2 aromatic rings. The Morgan fingerprint density at radius 1 is 1.03 bits per heavy atom. The van der Waals surface area contributed by atoms with Crippen molar-refractivity contribution in [2.45, 2.75) is 39.1 Å². The number of methoxy groups -OCH3 is 2. The Labute approximate surface area is 174 Å². The number of aliphatic hydroxyl groups excluding tert-OH is 1. The predicted molar refractivity (Wildman–Crippen MR) is 116 cm³/mol. The molecule has 0 amide bonds. The Kier molecular flexibility index (Phi) is 8.07. The maximum atomic E-state index is 9.61. The van der Waals surface area contributed by atoms with Gasteiger partial charge in [0, 0.05) is 58.0 Å². The Morgan fingerprint density at radius 3 is 2.59 bits per heavy atom. The molecule has 0 spiro atoms. The summed E-state index contributed by atoms with van der Waals surface area (Å²) in [5.41, 5.74) is 5.07. The van der Waals surface area contributed by atoms with E-state index in [0.717, 1.165) is 50.5 Å². The number of piperazine rings is 1. The van der Waals surface area contributed by atoms with Crippen molar-refractivity contribution < 1.29 is 14.6 Å². The summed E-state index contributed by atoms with van der Waals surface area (Å²) in [5, 5.41) is 9.61. The molecule has 29 heavy (non-hydrogen) atoms. The van der Waals surface area contributed by atoms with Crippen LogP contribution in [0.5, 0.6) is 5.75 Å². The van der Waals surface area contributed by atoms with Gasteiger partial charge >= 0.3 is 0 Å². The van der Waals surface area contributed by atoms with Crippen molar-refractivity contribution in [3.05, 3.63) is 64.7 Å². The second kappa shape index (κ2) is 10.7. The zero-order chi connectivity index (χ0) is 20.6. The summed E-state index contributed by atoms with van der Waals surface area (Å²) in [6, 6.07) is 15.3. The van der Waals surface area contributed by atoms with E-state index in [4.69, 9.17) is 9.47 Å². The van der Waals surface area contributed by atoms with Gasteiger partial charge in [0.15, 0.2) is 0 Å². The van der Waals surface area contributed by atoms with Gasteiger partial charge in [-0.1, -0.05) is 30.3 Å². The summed E-state index contributed by atoms with van der Waals surface area (Å²) in [6.45, 7) is 7.82. The van der Waals surface area contributed by atoms with Crippen LogP contribution in [0, 0.1) is 6.92 Å². The SMILES string of the molecule is COCc1cc(CN2CCN(Cc3ccccc3C)[C@H](CCO)C2)ccc1OC. The van der Waals surface area contributed by atoms with Crippen LogP contribution >= 0.6 is 0 Å². The van der Waals surface area contributed by atoms with Crippen molar-refractivity contribution in [1.82, 2.24) is 9.80 Å². The monoisotopic (exact) mass is 398 g/mol. The Morgan fingerprint density at radius 2 is 1.86 bits per heavy atom. The van der Waals surface area contributed by atoms with E-state index in [1.54, 1.807) is 14.2 Å². The van der Waals surface area contributed by atoms with Crippen LogP contribution in [-0.4, -0.2) is 61.4 Å². The minimum atomic E-state index is 0.225. The summed E-state index contributed by atoms with van der Waals surface area (Å²) in [4.78, 5) is 5.02. The predicted octanol–water partition coefficient (Wildman–Crippen LogP) is 3.22. The highest BCUT2D eigenvalue weighted by atomic mass is 16.5. The lowest BCUT2D eigenvalue weighted by Gasteiger charge is -2.41. The van der Waals surface area contributed by atoms with Crippen LogP contribution in [0.25, 0.3) is 0 Å². The molecule has 1 saturated heterocycles. The van der Waals surface area contributed by atoms with Gasteiger partial charge in [-0.3, -0.25) is 9.80 Å². The van der Waals surface area contributed by atoms with E-state index in [9.17, 15) is 5.11 Å². The topological polar surface area (TPSA) is 45.2 Å². The van der Waals surface area contributed by atoms with E-state index in [1.807, 2.05) is 6.07 Å². The van der Waals surface area contributed by atoms with Crippen LogP contribution in [0.3, 0.4) is 0 Å². The second-order valence-corrected chi connectivity index (χ2v) is 7.88. The Balaban J connectivity index is 1.66. The average molecular weight is 399 g/mol. The van der Waals surface area contributed by atoms with E-state index in [0.29, 0.717) is 12.6 Å². The first-order valence-corrected chi connectivity index (χ1v) is 10.4. The van der Waals surface area contributed by atoms with Crippen molar-refractivity contribution in [2.24, 2.45) is 0 Å². The van der Waals surface area contributed by atoms with Gasteiger partial charge in [0.1, 0.15) is 5.75 Å². The molecule has 2 aromatic carbocycles. The zero-order valence-corrected chi connectivity index (χ0v) is 17.9. The molecule has 3 rings (SSSR count). The van der Waals surface area contributed by atoms with Crippen molar-refractivity contribution in [3.8, 4) is 5.75 Å². The van der Waals surface area contributed by atoms with Gasteiger partial charge in [0.05, 0.1) is 13.7 Å². The number of aliphatic hydroxyl groups is 1. The number of rotatable bonds is 9. The van der Waals surface area contributed by atoms with Gasteiger partial charge < -0.3 is 14.6 Å². The lowest BCUT2D eigenvalue weighted by molar-refractivity contribution is 0.0498. The molecular weight excluding hydrogens is 364 g/mol. The molecular formula is C24H34N2O3. The molecule has 1 aliphatic heterocycles. The molecule has 0 unspecified atom stereocenters. The minimum Gasteiger partial charge on any atom is -0.496 e. The summed E-state index contributed by atoms with van der Waals surface area (Å²) in [6.07, 6.45) is 0.805. The standard InChI is InChI=1S/C24H34N2O3/c1-19-6-4-5-7-21(19)16-26-12-11-25(17-23(26)10-13-27)15-20-8-9-24(29-3)22(14-20)18-28-2/h4-9,14,23,27H,10-13,15-18H2,1-3H3/t23-/m1/s1. The molecule has 0 radical (unpaired) electrons. The molecule has 1 heterocycles. The lowest BCUT2D eigenvalue weighted by atomic mass is 10.0. The molecule has 158 valence electrons. The highest BCUT2D eigenvalue weighted by Gasteiger charge is 2.27. The van der Waals surface area contributed by atoms with E-state index in [2.05, 4.69) is 53.1 Å². The van der Waals surface area contributed by atoms with Gasteiger partial charge in [-0.25, -0.2) is 0 Å². The minimum absolute atomic E-state index is 0.225. The van der Waals surface area contributed by atoms with Crippen molar-refractivity contribution in [2.75, 3.05) is 40.5 Å². The highest BCUT2D eigenvalue weighted by Crippen LogP contribution is 2.23. The van der Waals surface area contributed by atoms with Crippen molar-refractivity contribution in [1.29, 1.82) is 0 Å². The quantitative estimate of drug-likeness (QED) is 0.703. The van der Waals surface area contributed by atoms with Gasteiger partial charge in [0.2, 0.25) is 0 Å². The van der Waals surface area contributed by atoms with Crippen molar-refractivity contribution in [3.63, 3.8) is 0 Å². The largest absolute Gasteiger partial charge is 0.496 e. The summed E-state index contributed by atoms with van der Waals surface area (Å²) >= 11 is 0. The molecule has 1 N–H and O–H groups in total. The fourth-order valence-corrected chi connectivity index (χ4v) is 4.19. The molecule has 0 bridgehead atoms. The smallest absolute Gasteiger partial charge is 0.124 e. The third-order valence-corrected chi connectivity index (χ3v) is 5.84. The summed E-state index contributed by atoms with van der Waals surface area (Å²) < 4.78 is 10.8. The van der Waals surface area contributed by atoms with E-state index in [1.165, 1.54) is 16.7 Å². The van der Waals surface area contributed by atoms with Crippen LogP contribution in [0.2, 0.25) is 0 Å². The molecule has 0 aromatic heterocycles. The van der Waals surface area contributed by atoms with Gasteiger partial charge in [-0.2, -0.15) is 0 Å². The Hall–Kier alpha value is -1.92. The number of hydrogen-bond donors (Lipinski definition) is 1. The molecule has 1 fully saturated rings. The van der Waals surface area contributed by atoms with Crippen LogP contribution in [0.4, 0.5) is 0 Å². The normalized spacial score (nSPS) is 18.1. The maximum Gasteiger partial charge on any atom is 0.124 e. The molecule has 5 nitrogen and oxygen atoms in total. The van der Waals surface area contributed by atoms with Crippen LogP contribution in [0.15, 0.2) is 42.5 Å². The average Bonchev–Trinajstić information content (AvgIpc) is 2.72. The summed E-state index contributed by atoms with van der Waals surface area (Å²) in [7, 11) is 3.40. The summed E-state index contributed by atoms with van der Waals surface area (Å²) in [5.74, 6) is 0.872. The lowest BCUT2D eigenvalue weighted by Crippen LogP contribution is -2.52. The number of nitrogens with zero attached hydrogens (tertiary/aromatic N) is 2. The van der Waals surface area contributed by atoms with E-state index < -0.39 is 0 Å². The fourth-order valence-electron chi connectivity index (χ4n) is 4.19. The van der Waals surface area contributed by atoms with Gasteiger partial charge in [-0.15, -0.1) is 0 Å². The van der Waals surface area contributed by atoms with Crippen LogP contribution in [-0.2, 0) is 24.4 Å². The van der Waals surface area contributed by atoms with Gasteiger partial charge in [0.25, 0.3) is 0 Å². The zero-order valence-electron chi connectivity index (χ0n) is 17.9. The molecule has 1 atom stereocenters. The molecule has 0 aliphatic carbocycles. The maximum absolute atomic E-state index is 9.61. The second-order valence-electron chi connectivity index (χ2n) is 7.88. The first-order valence-electron chi connectivity index (χ1n) is 10.4. The third-order valence-electron chi connectivity index (χ3n) is 5.84. The van der Waals surface area contributed by atoms with E-state index in [-0.39, 0.29) is 6.61 Å². The van der Waals surface area contributed by atoms with Gasteiger partial charge in [-0.05, 0) is 42.2 Å². The number of ether oxygens (including phenoxy) is 2. The number of hydrogen-bond acceptors (Lipinski definition) is 5. The highest BCUT2D eigenvalue weighted by molar-refractivity contribution is 5.37. The number of aryl methyl sites for hydroxylation is 1. The fraction of sp³-hybridized carbons (Fsp3) is 0.500. The third kappa shape index (κ3) is 5.80. The molecule has 0 saturated carbocycles. The molecule has 5 heteroatoms. The Bertz CT molecular complexity index is 780. The number of benzene rings is 2. The van der Waals surface area contributed by atoms with Crippen LogP contribution in [0.1, 0.15) is 28.7 Å². The van der Waals surface area contributed by atoms with Crippen LogP contribution < -0.4 is 4.74 Å². The first-order chi connectivity index (χ1) is 14.1.